The number of amides is 1. The van der Waals surface area contributed by atoms with Crippen molar-refractivity contribution in [1.29, 1.82) is 0 Å². The van der Waals surface area contributed by atoms with Crippen LogP contribution >= 0.6 is 23.1 Å². The number of carbonyl (C=O) groups excluding carboxylic acids is 1. The summed E-state index contributed by atoms with van der Waals surface area (Å²) in [7, 11) is 0. The van der Waals surface area contributed by atoms with E-state index < -0.39 is 0 Å². The third kappa shape index (κ3) is 3.58. The van der Waals surface area contributed by atoms with Crippen LogP contribution in [-0.4, -0.2) is 39.3 Å². The molecule has 5 rings (SSSR count). The molecule has 1 aliphatic rings. The summed E-state index contributed by atoms with van der Waals surface area (Å²) in [4.78, 5) is 15.8. The van der Waals surface area contributed by atoms with Crippen LogP contribution in [0.25, 0.3) is 15.2 Å². The summed E-state index contributed by atoms with van der Waals surface area (Å²) in [6.07, 6.45) is 2.51. The second kappa shape index (κ2) is 7.68. The zero-order valence-corrected chi connectivity index (χ0v) is 17.7. The number of thioether (sulfide) groups is 1. The summed E-state index contributed by atoms with van der Waals surface area (Å²) in [5.41, 5.74) is 4.27. The lowest BCUT2D eigenvalue weighted by atomic mass is 10.1. The standard InChI is InChI=1S/C21H21N5OS2/c1-14-12-15(25-10-4-5-11-25)8-9-16(14)22-19(27)13-28-20-23-24-21-26(20)17-6-2-3-7-18(17)29-21/h2-3,6-9,12H,4-5,10-11,13H2,1H3,(H,22,27). The van der Waals surface area contributed by atoms with Gasteiger partial charge in [0.15, 0.2) is 5.16 Å². The fraction of sp³-hybridized carbons (Fsp3) is 0.286. The topological polar surface area (TPSA) is 62.5 Å². The van der Waals surface area contributed by atoms with Gasteiger partial charge in [-0.3, -0.25) is 9.20 Å². The smallest absolute Gasteiger partial charge is 0.234 e. The van der Waals surface area contributed by atoms with Crippen molar-refractivity contribution in [3.05, 3.63) is 48.0 Å². The Morgan fingerprint density at radius 3 is 2.83 bits per heavy atom. The van der Waals surface area contributed by atoms with E-state index in [1.807, 2.05) is 29.5 Å². The molecule has 1 saturated heterocycles. The molecule has 0 radical (unpaired) electrons. The van der Waals surface area contributed by atoms with E-state index in [4.69, 9.17) is 0 Å². The van der Waals surface area contributed by atoms with Gasteiger partial charge in [-0.15, -0.1) is 10.2 Å². The predicted molar refractivity (Wildman–Crippen MR) is 120 cm³/mol. The number of nitrogens with zero attached hydrogens (tertiary/aromatic N) is 4. The molecule has 2 aromatic carbocycles. The highest BCUT2D eigenvalue weighted by Crippen LogP contribution is 2.30. The summed E-state index contributed by atoms with van der Waals surface area (Å²) >= 11 is 3.01. The highest BCUT2D eigenvalue weighted by atomic mass is 32.2. The van der Waals surface area contributed by atoms with Gasteiger partial charge in [0.1, 0.15) is 0 Å². The van der Waals surface area contributed by atoms with Crippen LogP contribution in [0.5, 0.6) is 0 Å². The number of benzene rings is 2. The van der Waals surface area contributed by atoms with Gasteiger partial charge in [-0.05, 0) is 55.7 Å². The molecule has 0 saturated carbocycles. The van der Waals surface area contributed by atoms with Gasteiger partial charge in [-0.25, -0.2) is 0 Å². The van der Waals surface area contributed by atoms with E-state index in [0.717, 1.165) is 44.7 Å². The van der Waals surface area contributed by atoms with Gasteiger partial charge in [-0.1, -0.05) is 35.2 Å². The number of aryl methyl sites for hydroxylation is 1. The predicted octanol–water partition coefficient (Wildman–Crippen LogP) is 4.58. The molecule has 148 valence electrons. The summed E-state index contributed by atoms with van der Waals surface area (Å²) in [5.74, 6) is 0.251. The zero-order valence-electron chi connectivity index (χ0n) is 16.1. The van der Waals surface area contributed by atoms with Crippen molar-refractivity contribution in [2.75, 3.05) is 29.1 Å². The number of carbonyl (C=O) groups is 1. The van der Waals surface area contributed by atoms with Crippen LogP contribution in [0.4, 0.5) is 11.4 Å². The van der Waals surface area contributed by atoms with Crippen LogP contribution in [0, 0.1) is 6.92 Å². The molecule has 3 heterocycles. The summed E-state index contributed by atoms with van der Waals surface area (Å²) in [5, 5.41) is 12.3. The number of hydrogen-bond acceptors (Lipinski definition) is 6. The van der Waals surface area contributed by atoms with Crippen molar-refractivity contribution in [3.8, 4) is 0 Å². The van der Waals surface area contributed by atoms with Crippen LogP contribution in [0.15, 0.2) is 47.6 Å². The molecular formula is C21H21N5OS2. The molecule has 1 aliphatic heterocycles. The van der Waals surface area contributed by atoms with Crippen molar-refractivity contribution in [2.24, 2.45) is 0 Å². The van der Waals surface area contributed by atoms with Crippen LogP contribution in [-0.2, 0) is 4.79 Å². The zero-order chi connectivity index (χ0) is 19.8. The quantitative estimate of drug-likeness (QED) is 0.476. The molecule has 6 nitrogen and oxygen atoms in total. The number of rotatable bonds is 5. The minimum absolute atomic E-state index is 0.0386. The van der Waals surface area contributed by atoms with Crippen molar-refractivity contribution < 1.29 is 4.79 Å². The van der Waals surface area contributed by atoms with Crippen LogP contribution < -0.4 is 10.2 Å². The number of aromatic nitrogens is 3. The average Bonchev–Trinajstić information content (AvgIpc) is 3.45. The molecule has 2 aromatic heterocycles. The lowest BCUT2D eigenvalue weighted by molar-refractivity contribution is -0.113. The Morgan fingerprint density at radius 1 is 1.17 bits per heavy atom. The molecular weight excluding hydrogens is 402 g/mol. The van der Waals surface area contributed by atoms with Gasteiger partial charge in [-0.2, -0.15) is 0 Å². The van der Waals surface area contributed by atoms with E-state index >= 15 is 0 Å². The Balaban J connectivity index is 1.27. The van der Waals surface area contributed by atoms with E-state index in [2.05, 4.69) is 44.7 Å². The van der Waals surface area contributed by atoms with E-state index in [0.29, 0.717) is 0 Å². The largest absolute Gasteiger partial charge is 0.372 e. The Bertz CT molecular complexity index is 1190. The van der Waals surface area contributed by atoms with E-state index in [-0.39, 0.29) is 11.7 Å². The number of hydrogen-bond donors (Lipinski definition) is 1. The van der Waals surface area contributed by atoms with Crippen molar-refractivity contribution >= 4 is 55.6 Å². The molecule has 0 unspecified atom stereocenters. The minimum Gasteiger partial charge on any atom is -0.372 e. The van der Waals surface area contributed by atoms with Crippen molar-refractivity contribution in [2.45, 2.75) is 24.9 Å². The van der Waals surface area contributed by atoms with Gasteiger partial charge in [0.2, 0.25) is 10.9 Å². The molecule has 8 heteroatoms. The Kier molecular flexibility index (Phi) is 4.89. The van der Waals surface area contributed by atoms with Crippen LogP contribution in [0.1, 0.15) is 18.4 Å². The third-order valence-electron chi connectivity index (χ3n) is 5.20. The maximum Gasteiger partial charge on any atom is 0.234 e. The number of para-hydroxylation sites is 1. The Labute approximate surface area is 176 Å². The maximum absolute atomic E-state index is 12.5. The molecule has 0 atom stereocenters. The molecule has 0 spiro atoms. The lowest BCUT2D eigenvalue weighted by Crippen LogP contribution is -2.18. The summed E-state index contributed by atoms with van der Waals surface area (Å²) in [6, 6.07) is 14.4. The molecule has 1 N–H and O–H groups in total. The average molecular weight is 424 g/mol. The molecule has 4 aromatic rings. The van der Waals surface area contributed by atoms with E-state index in [1.165, 1.54) is 30.3 Å². The van der Waals surface area contributed by atoms with E-state index in [1.54, 1.807) is 11.3 Å². The fourth-order valence-electron chi connectivity index (χ4n) is 3.73. The fourth-order valence-corrected chi connectivity index (χ4v) is 5.49. The van der Waals surface area contributed by atoms with Gasteiger partial charge in [0, 0.05) is 24.5 Å². The van der Waals surface area contributed by atoms with Gasteiger partial charge in [0.25, 0.3) is 0 Å². The van der Waals surface area contributed by atoms with E-state index in [9.17, 15) is 4.79 Å². The first-order valence-corrected chi connectivity index (χ1v) is 11.5. The molecule has 0 aliphatic carbocycles. The first-order chi connectivity index (χ1) is 14.2. The number of anilines is 2. The molecule has 1 amide bonds. The molecule has 1 fully saturated rings. The third-order valence-corrected chi connectivity index (χ3v) is 7.14. The SMILES string of the molecule is Cc1cc(N2CCCC2)ccc1NC(=O)CSc1nnc2sc3ccccc3n12. The first-order valence-electron chi connectivity index (χ1n) is 9.70. The van der Waals surface area contributed by atoms with Crippen molar-refractivity contribution in [1.82, 2.24) is 14.6 Å². The Morgan fingerprint density at radius 2 is 2.00 bits per heavy atom. The minimum atomic E-state index is -0.0386. The van der Waals surface area contributed by atoms with Gasteiger partial charge < -0.3 is 10.2 Å². The van der Waals surface area contributed by atoms with Crippen molar-refractivity contribution in [3.63, 3.8) is 0 Å². The molecule has 29 heavy (non-hydrogen) atoms. The summed E-state index contributed by atoms with van der Waals surface area (Å²) in [6.45, 7) is 4.28. The second-order valence-electron chi connectivity index (χ2n) is 7.20. The molecule has 0 bridgehead atoms. The van der Waals surface area contributed by atoms with Crippen LogP contribution in [0.3, 0.4) is 0 Å². The number of nitrogens with one attached hydrogen (secondary N) is 1. The lowest BCUT2D eigenvalue weighted by Gasteiger charge is -2.19. The highest BCUT2D eigenvalue weighted by molar-refractivity contribution is 7.99. The monoisotopic (exact) mass is 423 g/mol. The van der Waals surface area contributed by atoms with Gasteiger partial charge in [0.05, 0.1) is 16.0 Å². The highest BCUT2D eigenvalue weighted by Gasteiger charge is 2.16. The number of fused-ring (bicyclic) bond motifs is 3. The van der Waals surface area contributed by atoms with Crippen LogP contribution in [0.2, 0.25) is 0 Å². The number of thiazole rings is 1. The Hall–Kier alpha value is -2.58. The second-order valence-corrected chi connectivity index (χ2v) is 9.15. The maximum atomic E-state index is 12.5. The normalized spacial score (nSPS) is 14.2. The first kappa shape index (κ1) is 18.4. The van der Waals surface area contributed by atoms with Gasteiger partial charge >= 0.3 is 0 Å². The summed E-state index contributed by atoms with van der Waals surface area (Å²) < 4.78 is 3.19.